The van der Waals surface area contributed by atoms with Gasteiger partial charge in [0.1, 0.15) is 0 Å². The molecule has 1 heterocycles. The van der Waals surface area contributed by atoms with E-state index in [-0.39, 0.29) is 19.3 Å². The summed E-state index contributed by atoms with van der Waals surface area (Å²) < 4.78 is 36.9. The Kier molecular flexibility index (Phi) is 5.90. The Morgan fingerprint density at radius 2 is 2.05 bits per heavy atom. The van der Waals surface area contributed by atoms with Gasteiger partial charge in [0.15, 0.2) is 11.6 Å². The highest BCUT2D eigenvalue weighted by molar-refractivity contribution is 5.46. The Bertz CT molecular complexity index is 453. The summed E-state index contributed by atoms with van der Waals surface area (Å²) in [4.78, 5) is 1.67. The van der Waals surface area contributed by atoms with Gasteiger partial charge in [-0.25, -0.2) is 8.78 Å². The molecule has 1 aromatic carbocycles. The molecule has 0 amide bonds. The number of ether oxygens (including phenoxy) is 2. The zero-order valence-corrected chi connectivity index (χ0v) is 12.1. The van der Waals surface area contributed by atoms with Crippen molar-refractivity contribution in [2.75, 3.05) is 38.3 Å². The van der Waals surface area contributed by atoms with E-state index in [2.05, 4.69) is 0 Å². The fraction of sp³-hybridized carbons (Fsp3) is 0.600. The van der Waals surface area contributed by atoms with Gasteiger partial charge >= 0.3 is 0 Å². The minimum absolute atomic E-state index is 0.127. The predicted molar refractivity (Wildman–Crippen MR) is 75.4 cm³/mol. The van der Waals surface area contributed by atoms with Gasteiger partial charge in [-0.1, -0.05) is 0 Å². The maximum Gasteiger partial charge on any atom is 0.160 e. The van der Waals surface area contributed by atoms with Crippen LogP contribution in [0.25, 0.3) is 0 Å². The van der Waals surface area contributed by atoms with Crippen LogP contribution < -0.4 is 4.90 Å². The van der Waals surface area contributed by atoms with Crippen molar-refractivity contribution in [3.63, 3.8) is 0 Å². The third-order valence-electron chi connectivity index (χ3n) is 3.52. The summed E-state index contributed by atoms with van der Waals surface area (Å²) in [6.07, 6.45) is 1.12. The lowest BCUT2D eigenvalue weighted by atomic mass is 10.1. The van der Waals surface area contributed by atoms with Crippen LogP contribution in [0.4, 0.5) is 14.5 Å². The molecule has 1 unspecified atom stereocenters. The molecule has 1 aliphatic heterocycles. The summed E-state index contributed by atoms with van der Waals surface area (Å²) in [5, 5.41) is 9.97. The molecule has 6 heteroatoms. The Balaban J connectivity index is 1.78. The molecule has 0 radical (unpaired) electrons. The lowest BCUT2D eigenvalue weighted by Gasteiger charge is -2.26. The summed E-state index contributed by atoms with van der Waals surface area (Å²) in [6, 6.07) is 3.66. The number of benzene rings is 1. The van der Waals surface area contributed by atoms with Gasteiger partial charge in [0, 0.05) is 38.6 Å². The highest BCUT2D eigenvalue weighted by Gasteiger charge is 2.17. The van der Waals surface area contributed by atoms with E-state index < -0.39 is 17.7 Å². The number of aliphatic hydroxyl groups is 1. The molecule has 1 saturated heterocycles. The Hall–Kier alpha value is -1.24. The zero-order valence-electron chi connectivity index (χ0n) is 12.1. The van der Waals surface area contributed by atoms with Crippen LogP contribution in [0.15, 0.2) is 18.2 Å². The number of likely N-dealkylation sites (N-methyl/N-ethyl adjacent to an activating group) is 1. The molecule has 0 spiro atoms. The average molecular weight is 301 g/mol. The van der Waals surface area contributed by atoms with Crippen LogP contribution in [-0.4, -0.2) is 50.7 Å². The van der Waals surface area contributed by atoms with E-state index >= 15 is 0 Å². The van der Waals surface area contributed by atoms with Crippen LogP contribution in [0.1, 0.15) is 12.8 Å². The van der Waals surface area contributed by atoms with Crippen molar-refractivity contribution in [1.29, 1.82) is 0 Å². The first-order valence-corrected chi connectivity index (χ1v) is 7.10. The van der Waals surface area contributed by atoms with Crippen LogP contribution >= 0.6 is 0 Å². The highest BCUT2D eigenvalue weighted by atomic mass is 19.2. The standard InChI is InChI=1S/C15H21F2NO3/c1-18(11-2-3-14(16)15(17)8-11)9-12(19)10-21-13-4-6-20-7-5-13/h2-3,8,12-13,19H,4-7,9-10H2,1H3. The first kappa shape index (κ1) is 16.1. The summed E-state index contributed by atoms with van der Waals surface area (Å²) in [5.41, 5.74) is 0.513. The number of aliphatic hydroxyl groups excluding tert-OH is 1. The van der Waals surface area contributed by atoms with Gasteiger partial charge < -0.3 is 19.5 Å². The molecule has 0 aliphatic carbocycles. The lowest BCUT2D eigenvalue weighted by Crippen LogP contribution is -2.34. The highest BCUT2D eigenvalue weighted by Crippen LogP contribution is 2.17. The van der Waals surface area contributed by atoms with Crippen molar-refractivity contribution in [3.8, 4) is 0 Å². The smallest absolute Gasteiger partial charge is 0.160 e. The minimum atomic E-state index is -0.896. The lowest BCUT2D eigenvalue weighted by molar-refractivity contribution is -0.0573. The minimum Gasteiger partial charge on any atom is -0.389 e. The number of rotatable bonds is 6. The second-order valence-electron chi connectivity index (χ2n) is 5.28. The van der Waals surface area contributed by atoms with Crippen molar-refractivity contribution in [3.05, 3.63) is 29.8 Å². The second-order valence-corrected chi connectivity index (χ2v) is 5.28. The molecule has 1 aliphatic rings. The first-order chi connectivity index (χ1) is 10.1. The fourth-order valence-corrected chi connectivity index (χ4v) is 2.29. The van der Waals surface area contributed by atoms with Gasteiger partial charge in [0.25, 0.3) is 0 Å². The number of anilines is 1. The molecule has 21 heavy (non-hydrogen) atoms. The third kappa shape index (κ3) is 4.91. The van der Waals surface area contributed by atoms with Crippen molar-refractivity contribution in [2.45, 2.75) is 25.0 Å². The molecule has 118 valence electrons. The average Bonchev–Trinajstić information content (AvgIpc) is 2.49. The summed E-state index contributed by atoms with van der Waals surface area (Å²) in [7, 11) is 1.71. The van der Waals surface area contributed by atoms with Crippen LogP contribution in [0.5, 0.6) is 0 Å². The summed E-state index contributed by atoms with van der Waals surface area (Å²) in [5.74, 6) is -1.78. The second kappa shape index (κ2) is 7.68. The number of hydrogen-bond donors (Lipinski definition) is 1. The number of halogens is 2. The molecule has 1 aromatic rings. The van der Waals surface area contributed by atoms with E-state index in [1.54, 1.807) is 11.9 Å². The van der Waals surface area contributed by atoms with Crippen molar-refractivity contribution >= 4 is 5.69 Å². The van der Waals surface area contributed by atoms with Crippen LogP contribution in [0.2, 0.25) is 0 Å². The van der Waals surface area contributed by atoms with E-state index in [9.17, 15) is 13.9 Å². The van der Waals surface area contributed by atoms with E-state index in [0.29, 0.717) is 18.9 Å². The van der Waals surface area contributed by atoms with Gasteiger partial charge in [-0.05, 0) is 25.0 Å². The zero-order chi connectivity index (χ0) is 15.2. The molecule has 1 N–H and O–H groups in total. The molecule has 0 saturated carbocycles. The molecule has 0 aromatic heterocycles. The Labute approximate surface area is 123 Å². The normalized spacial score (nSPS) is 17.7. The van der Waals surface area contributed by atoms with Gasteiger partial charge in [0.05, 0.1) is 18.8 Å². The van der Waals surface area contributed by atoms with Gasteiger partial charge in [-0.2, -0.15) is 0 Å². The molecule has 1 atom stereocenters. The maximum atomic E-state index is 13.2. The molecule has 2 rings (SSSR count). The van der Waals surface area contributed by atoms with Crippen LogP contribution in [-0.2, 0) is 9.47 Å². The third-order valence-corrected chi connectivity index (χ3v) is 3.52. The summed E-state index contributed by atoms with van der Waals surface area (Å²) >= 11 is 0. The number of hydrogen-bond acceptors (Lipinski definition) is 4. The van der Waals surface area contributed by atoms with Gasteiger partial charge in [-0.15, -0.1) is 0 Å². The topological polar surface area (TPSA) is 41.9 Å². The van der Waals surface area contributed by atoms with Crippen molar-refractivity contribution < 1.29 is 23.4 Å². The molecular formula is C15H21F2NO3. The summed E-state index contributed by atoms with van der Waals surface area (Å²) in [6.45, 7) is 1.89. The molecule has 0 bridgehead atoms. The number of nitrogens with zero attached hydrogens (tertiary/aromatic N) is 1. The van der Waals surface area contributed by atoms with Crippen LogP contribution in [0.3, 0.4) is 0 Å². The first-order valence-electron chi connectivity index (χ1n) is 7.10. The van der Waals surface area contributed by atoms with Crippen molar-refractivity contribution in [2.24, 2.45) is 0 Å². The SMILES string of the molecule is CN(CC(O)COC1CCOCC1)c1ccc(F)c(F)c1. The van der Waals surface area contributed by atoms with E-state index in [1.807, 2.05) is 0 Å². The van der Waals surface area contributed by atoms with Gasteiger partial charge in [-0.3, -0.25) is 0 Å². The molecule has 4 nitrogen and oxygen atoms in total. The van der Waals surface area contributed by atoms with E-state index in [4.69, 9.17) is 9.47 Å². The molecule has 1 fully saturated rings. The largest absolute Gasteiger partial charge is 0.389 e. The molecular weight excluding hydrogens is 280 g/mol. The predicted octanol–water partition coefficient (Wildman–Crippen LogP) is 1.96. The van der Waals surface area contributed by atoms with Gasteiger partial charge in [0.2, 0.25) is 0 Å². The van der Waals surface area contributed by atoms with E-state index in [0.717, 1.165) is 25.0 Å². The van der Waals surface area contributed by atoms with Crippen LogP contribution in [0, 0.1) is 11.6 Å². The fourth-order valence-electron chi connectivity index (χ4n) is 2.29. The van der Waals surface area contributed by atoms with E-state index in [1.165, 1.54) is 6.07 Å². The Morgan fingerprint density at radius 3 is 2.71 bits per heavy atom. The van der Waals surface area contributed by atoms with Crippen molar-refractivity contribution in [1.82, 2.24) is 0 Å². The maximum absolute atomic E-state index is 13.2. The quantitative estimate of drug-likeness (QED) is 0.872. The monoisotopic (exact) mass is 301 g/mol. The Morgan fingerprint density at radius 1 is 1.33 bits per heavy atom.